The van der Waals surface area contributed by atoms with E-state index in [1.807, 2.05) is 0 Å². The first-order valence-electron chi connectivity index (χ1n) is 5.20. The Balaban J connectivity index is 0.000000720. The van der Waals surface area contributed by atoms with Gasteiger partial charge < -0.3 is 5.32 Å². The summed E-state index contributed by atoms with van der Waals surface area (Å²) < 4.78 is 0. The maximum atomic E-state index is 3.68. The second-order valence-corrected chi connectivity index (χ2v) is 4.10. The molecule has 0 aromatic heterocycles. The van der Waals surface area contributed by atoms with Crippen molar-refractivity contribution in [1.29, 1.82) is 0 Å². The minimum atomic E-state index is 0. The molecule has 0 bridgehead atoms. The van der Waals surface area contributed by atoms with Crippen molar-refractivity contribution in [3.63, 3.8) is 0 Å². The van der Waals surface area contributed by atoms with E-state index < -0.39 is 0 Å². The lowest BCUT2D eigenvalue weighted by molar-refractivity contribution is 0.267. The van der Waals surface area contributed by atoms with E-state index in [0.717, 1.165) is 12.0 Å². The number of fused-ring (bicyclic) bond motifs is 1. The molecule has 2 fully saturated rings. The van der Waals surface area contributed by atoms with Crippen LogP contribution in [0.25, 0.3) is 0 Å². The summed E-state index contributed by atoms with van der Waals surface area (Å²) in [6.45, 7) is 1.28. The van der Waals surface area contributed by atoms with E-state index in [2.05, 4.69) is 5.32 Å². The van der Waals surface area contributed by atoms with Crippen LogP contribution in [0, 0.1) is 5.92 Å². The molecule has 1 N–H and O–H groups in total. The van der Waals surface area contributed by atoms with E-state index in [1.165, 1.54) is 51.5 Å². The van der Waals surface area contributed by atoms with E-state index >= 15 is 0 Å². The molecule has 1 nitrogen and oxygen atoms in total. The molecule has 2 unspecified atom stereocenters. The fourth-order valence-electron chi connectivity index (χ4n) is 2.64. The number of nitrogens with one attached hydrogen (secondary N) is 1. The Morgan fingerprint density at radius 2 is 1.50 bits per heavy atom. The monoisotopic (exact) mass is 189 g/mol. The second-order valence-electron chi connectivity index (χ2n) is 4.10. The average Bonchev–Trinajstić information content (AvgIpc) is 2.28. The number of halogens is 1. The molecule has 1 saturated carbocycles. The summed E-state index contributed by atoms with van der Waals surface area (Å²) in [4.78, 5) is 0. The Labute approximate surface area is 81.7 Å². The first kappa shape index (κ1) is 10.3. The maximum Gasteiger partial charge on any atom is 0.00953 e. The highest BCUT2D eigenvalue weighted by molar-refractivity contribution is 5.85. The van der Waals surface area contributed by atoms with Gasteiger partial charge >= 0.3 is 0 Å². The Morgan fingerprint density at radius 3 is 2.33 bits per heavy atom. The third-order valence-corrected chi connectivity index (χ3v) is 3.32. The fourth-order valence-corrected chi connectivity index (χ4v) is 2.64. The second kappa shape index (κ2) is 5.08. The molecule has 72 valence electrons. The van der Waals surface area contributed by atoms with Crippen LogP contribution in [0.15, 0.2) is 0 Å². The smallest absolute Gasteiger partial charge is 0.00953 e. The maximum absolute atomic E-state index is 3.68. The van der Waals surface area contributed by atoms with Crippen LogP contribution in [0.4, 0.5) is 0 Å². The topological polar surface area (TPSA) is 12.0 Å². The summed E-state index contributed by atoms with van der Waals surface area (Å²) in [5.41, 5.74) is 0. The third-order valence-electron chi connectivity index (χ3n) is 3.32. The van der Waals surface area contributed by atoms with E-state index in [4.69, 9.17) is 0 Å². The lowest BCUT2D eigenvalue weighted by Gasteiger charge is -2.30. The molecule has 2 rings (SSSR count). The minimum Gasteiger partial charge on any atom is -0.314 e. The van der Waals surface area contributed by atoms with Gasteiger partial charge in [-0.15, -0.1) is 12.4 Å². The van der Waals surface area contributed by atoms with Crippen LogP contribution in [0.3, 0.4) is 0 Å². The predicted molar refractivity (Wildman–Crippen MR) is 54.8 cm³/mol. The molecule has 1 heterocycles. The van der Waals surface area contributed by atoms with Crippen molar-refractivity contribution in [3.8, 4) is 0 Å². The predicted octanol–water partition coefficient (Wildman–Crippen LogP) is 2.74. The van der Waals surface area contributed by atoms with Gasteiger partial charge in [0.2, 0.25) is 0 Å². The van der Waals surface area contributed by atoms with Gasteiger partial charge in [0.1, 0.15) is 0 Å². The van der Waals surface area contributed by atoms with Crippen LogP contribution >= 0.6 is 12.4 Å². The number of hydrogen-bond acceptors (Lipinski definition) is 1. The lowest BCUT2D eigenvalue weighted by atomic mass is 9.82. The van der Waals surface area contributed by atoms with Crippen LogP contribution in [0.2, 0.25) is 0 Å². The average molecular weight is 190 g/mol. The summed E-state index contributed by atoms with van der Waals surface area (Å²) in [5.74, 6) is 1.03. The minimum absolute atomic E-state index is 0. The van der Waals surface area contributed by atoms with E-state index in [-0.39, 0.29) is 12.4 Å². The van der Waals surface area contributed by atoms with Gasteiger partial charge in [0.25, 0.3) is 0 Å². The zero-order chi connectivity index (χ0) is 7.52. The SMILES string of the molecule is C1CCC2CCCCC2NC1.Cl. The summed E-state index contributed by atoms with van der Waals surface area (Å²) >= 11 is 0. The van der Waals surface area contributed by atoms with Gasteiger partial charge in [0.05, 0.1) is 0 Å². The Bertz CT molecular complexity index is 113. The van der Waals surface area contributed by atoms with Crippen molar-refractivity contribution >= 4 is 12.4 Å². The van der Waals surface area contributed by atoms with E-state index in [1.54, 1.807) is 0 Å². The Hall–Kier alpha value is 0.250. The zero-order valence-electron chi connectivity index (χ0n) is 7.72. The number of hydrogen-bond donors (Lipinski definition) is 1. The van der Waals surface area contributed by atoms with Crippen molar-refractivity contribution in [2.24, 2.45) is 5.92 Å². The molecule has 1 aliphatic carbocycles. The molecule has 2 heteroatoms. The van der Waals surface area contributed by atoms with Gasteiger partial charge in [0, 0.05) is 6.04 Å². The van der Waals surface area contributed by atoms with Crippen molar-refractivity contribution in [2.45, 2.75) is 51.0 Å². The zero-order valence-corrected chi connectivity index (χ0v) is 8.54. The third kappa shape index (κ3) is 2.37. The van der Waals surface area contributed by atoms with Gasteiger partial charge in [-0.3, -0.25) is 0 Å². The largest absolute Gasteiger partial charge is 0.314 e. The standard InChI is InChI=1S/C10H19N.ClH/c1-2-7-10-9(5-1)6-3-4-8-11-10;/h9-11H,1-8H2;1H. The molecular weight excluding hydrogens is 170 g/mol. The van der Waals surface area contributed by atoms with Crippen molar-refractivity contribution in [1.82, 2.24) is 5.32 Å². The van der Waals surface area contributed by atoms with Gasteiger partial charge in [-0.2, -0.15) is 0 Å². The van der Waals surface area contributed by atoms with Gasteiger partial charge in [-0.1, -0.05) is 19.3 Å². The van der Waals surface area contributed by atoms with Gasteiger partial charge in [0.15, 0.2) is 0 Å². The molecule has 1 saturated heterocycles. The Morgan fingerprint density at radius 1 is 0.833 bits per heavy atom. The molecule has 0 radical (unpaired) electrons. The van der Waals surface area contributed by atoms with Crippen molar-refractivity contribution in [3.05, 3.63) is 0 Å². The highest BCUT2D eigenvalue weighted by atomic mass is 35.5. The van der Waals surface area contributed by atoms with E-state index in [9.17, 15) is 0 Å². The van der Waals surface area contributed by atoms with Crippen molar-refractivity contribution in [2.75, 3.05) is 6.54 Å². The summed E-state index contributed by atoms with van der Waals surface area (Å²) in [6.07, 6.45) is 10.3. The summed E-state index contributed by atoms with van der Waals surface area (Å²) in [6, 6.07) is 0.895. The first-order chi connectivity index (χ1) is 5.47. The van der Waals surface area contributed by atoms with Crippen LogP contribution < -0.4 is 5.32 Å². The highest BCUT2D eigenvalue weighted by Crippen LogP contribution is 2.29. The fraction of sp³-hybridized carbons (Fsp3) is 1.00. The quantitative estimate of drug-likeness (QED) is 0.618. The molecule has 0 aromatic rings. The molecule has 1 aliphatic heterocycles. The molecule has 0 spiro atoms. The molecule has 0 amide bonds. The molecule has 2 aliphatic rings. The van der Waals surface area contributed by atoms with Crippen LogP contribution in [-0.2, 0) is 0 Å². The summed E-state index contributed by atoms with van der Waals surface area (Å²) in [5, 5.41) is 3.68. The lowest BCUT2D eigenvalue weighted by Crippen LogP contribution is -2.36. The first-order valence-corrected chi connectivity index (χ1v) is 5.20. The van der Waals surface area contributed by atoms with Crippen LogP contribution in [-0.4, -0.2) is 12.6 Å². The summed E-state index contributed by atoms with van der Waals surface area (Å²) in [7, 11) is 0. The van der Waals surface area contributed by atoms with Gasteiger partial charge in [-0.25, -0.2) is 0 Å². The van der Waals surface area contributed by atoms with Gasteiger partial charge in [-0.05, 0) is 38.1 Å². The molecule has 12 heavy (non-hydrogen) atoms. The Kier molecular flexibility index (Phi) is 4.38. The molecular formula is C10H20ClN. The van der Waals surface area contributed by atoms with Crippen molar-refractivity contribution < 1.29 is 0 Å². The molecule has 2 atom stereocenters. The normalized spacial score (nSPS) is 36.0. The van der Waals surface area contributed by atoms with Crippen LogP contribution in [0.1, 0.15) is 44.9 Å². The number of rotatable bonds is 0. The molecule has 0 aromatic carbocycles. The van der Waals surface area contributed by atoms with E-state index in [0.29, 0.717) is 0 Å². The highest BCUT2D eigenvalue weighted by Gasteiger charge is 2.25. The van der Waals surface area contributed by atoms with Crippen LogP contribution in [0.5, 0.6) is 0 Å².